The van der Waals surface area contributed by atoms with Gasteiger partial charge in [0.25, 0.3) is 0 Å². The maximum Gasteiger partial charge on any atom is 0.337 e. The predicted octanol–water partition coefficient (Wildman–Crippen LogP) is 7.35. The minimum atomic E-state index is -4.22. The van der Waals surface area contributed by atoms with Crippen LogP contribution in [0.15, 0.2) is 157 Å². The summed E-state index contributed by atoms with van der Waals surface area (Å²) in [4.78, 5) is 35.0. The Balaban J connectivity index is 0.000000180. The van der Waals surface area contributed by atoms with Crippen LogP contribution in [0.2, 0.25) is 5.02 Å². The maximum absolute atomic E-state index is 12.1. The number of para-hydroxylation sites is 2. The van der Waals surface area contributed by atoms with Crippen LogP contribution >= 0.6 is 11.6 Å². The molecule has 1 fully saturated rings. The Bertz CT molecular complexity index is 3430. The van der Waals surface area contributed by atoms with Gasteiger partial charge in [-0.2, -0.15) is 0 Å². The van der Waals surface area contributed by atoms with Gasteiger partial charge in [-0.15, -0.1) is 0 Å². The lowest BCUT2D eigenvalue weighted by Crippen LogP contribution is -2.21. The summed E-state index contributed by atoms with van der Waals surface area (Å²) in [5.74, 6) is -1.90. The molecule has 2 aromatic heterocycles. The lowest BCUT2D eigenvalue weighted by molar-refractivity contribution is 0.0686. The van der Waals surface area contributed by atoms with Crippen LogP contribution in [0, 0.1) is 0 Å². The van der Waals surface area contributed by atoms with Crippen LogP contribution in [0.1, 0.15) is 55.4 Å². The van der Waals surface area contributed by atoms with E-state index in [9.17, 15) is 49.9 Å². The molecule has 8 rings (SSSR count). The standard InChI is InChI=1S/C18H16N2O6S.C17H18N2O5S.C12H11ClN2O5S/c19-27(23,24)17-9-14(18(21)22)15(20-11-13-7-4-8-25-13)10-16(17)26-12-5-2-1-3-6-12;18-25(22,23)15-11-12(17(20)21)10-14(19-8-4-5-9-19)16(15)24-13-6-2-1-3-7-13;13-9-5-10(15-6-7-2-1-3-20-7)8(12(16)17)4-11(9)21(14,18)19/h1-10,20H,11H2,(H,21,22)(H2,19,23,24);1-3,6-7,10-11H,4-5,8-9H2,(H,20,21)(H2,18,22,23);1-5,15H,6H2,(H,16,17)(H2,14,18,19). The number of ether oxygens (including phenoxy) is 2. The second kappa shape index (κ2) is 23.5. The summed E-state index contributed by atoms with van der Waals surface area (Å²) in [6.07, 6.45) is 4.84. The topological polar surface area (TPSA) is 364 Å². The molecule has 0 spiro atoms. The van der Waals surface area contributed by atoms with E-state index in [1.165, 1.54) is 30.7 Å². The van der Waals surface area contributed by atoms with E-state index in [0.29, 0.717) is 41.8 Å². The van der Waals surface area contributed by atoms with Crippen molar-refractivity contribution in [2.45, 2.75) is 40.6 Å². The van der Waals surface area contributed by atoms with Crippen molar-refractivity contribution in [2.75, 3.05) is 28.6 Å². The fourth-order valence-electron chi connectivity index (χ4n) is 6.91. The number of aromatic carboxylic acids is 3. The van der Waals surface area contributed by atoms with Gasteiger partial charge in [0, 0.05) is 19.2 Å². The quantitative estimate of drug-likeness (QED) is 0.0442. The van der Waals surface area contributed by atoms with Crippen molar-refractivity contribution in [1.82, 2.24) is 0 Å². The molecule has 7 aromatic rings. The third kappa shape index (κ3) is 14.8. The third-order valence-corrected chi connectivity index (χ3v) is 13.5. The highest BCUT2D eigenvalue weighted by atomic mass is 35.5. The number of rotatable bonds is 17. The van der Waals surface area contributed by atoms with Crippen LogP contribution in [0.5, 0.6) is 23.0 Å². The Morgan fingerprint density at radius 1 is 0.575 bits per heavy atom. The molecule has 0 unspecified atom stereocenters. The molecule has 384 valence electrons. The summed E-state index contributed by atoms with van der Waals surface area (Å²) < 4.78 is 92.5. The number of carbonyl (C=O) groups is 3. The number of halogens is 1. The van der Waals surface area contributed by atoms with Crippen LogP contribution in [0.25, 0.3) is 0 Å². The highest BCUT2D eigenvalue weighted by molar-refractivity contribution is 7.89. The first-order valence-corrected chi connectivity index (χ1v) is 26.2. The summed E-state index contributed by atoms with van der Waals surface area (Å²) in [6, 6.07) is 30.8. The lowest BCUT2D eigenvalue weighted by atomic mass is 10.1. The first kappa shape index (κ1) is 54.4. The molecule has 1 aliphatic rings. The van der Waals surface area contributed by atoms with Crippen LogP contribution in [0.3, 0.4) is 0 Å². The number of hydrogen-bond donors (Lipinski definition) is 8. The summed E-state index contributed by atoms with van der Waals surface area (Å²) in [7, 11) is -12.5. The number of carboxylic acid groups (broad SMARTS) is 3. The smallest absolute Gasteiger partial charge is 0.337 e. The molecule has 5 aromatic carbocycles. The van der Waals surface area contributed by atoms with Crippen molar-refractivity contribution in [3.8, 4) is 23.0 Å². The highest BCUT2D eigenvalue weighted by Crippen LogP contribution is 2.41. The van der Waals surface area contributed by atoms with Crippen molar-refractivity contribution < 1.29 is 73.3 Å². The fourth-order valence-corrected chi connectivity index (χ4v) is 9.37. The van der Waals surface area contributed by atoms with Crippen molar-refractivity contribution in [3.63, 3.8) is 0 Å². The second-order valence-corrected chi connectivity index (χ2v) is 20.4. The number of primary sulfonamides is 3. The molecule has 0 bridgehead atoms. The number of anilines is 3. The number of benzene rings is 5. The zero-order valence-corrected chi connectivity index (χ0v) is 41.1. The van der Waals surface area contributed by atoms with Gasteiger partial charge in [0.2, 0.25) is 30.1 Å². The lowest BCUT2D eigenvalue weighted by Gasteiger charge is -2.23. The van der Waals surface area contributed by atoms with E-state index in [-0.39, 0.29) is 62.6 Å². The highest BCUT2D eigenvalue weighted by Gasteiger charge is 2.28. The molecule has 22 nitrogen and oxygen atoms in total. The molecule has 0 amide bonds. The van der Waals surface area contributed by atoms with Crippen LogP contribution < -0.4 is 40.4 Å². The van der Waals surface area contributed by atoms with Crippen molar-refractivity contribution in [1.29, 1.82) is 0 Å². The second-order valence-electron chi connectivity index (χ2n) is 15.4. The maximum atomic E-state index is 12.1. The van der Waals surface area contributed by atoms with E-state index in [0.717, 1.165) is 31.0 Å². The molecule has 3 heterocycles. The zero-order valence-electron chi connectivity index (χ0n) is 37.9. The Morgan fingerprint density at radius 2 is 1.04 bits per heavy atom. The molecule has 0 radical (unpaired) electrons. The van der Waals surface area contributed by atoms with Gasteiger partial charge in [-0.05, 0) is 91.7 Å². The number of furan rings is 2. The zero-order chi connectivity index (χ0) is 53.1. The van der Waals surface area contributed by atoms with Crippen LogP contribution in [-0.4, -0.2) is 71.6 Å². The number of hydrogen-bond acceptors (Lipinski definition) is 16. The molecular weight excluding hydrogens is 1040 g/mol. The van der Waals surface area contributed by atoms with E-state index in [1.807, 2.05) is 11.0 Å². The van der Waals surface area contributed by atoms with Gasteiger partial charge in [-0.1, -0.05) is 48.0 Å². The average Bonchev–Trinajstić information content (AvgIpc) is 4.16. The first-order chi connectivity index (χ1) is 34.5. The monoisotopic (exact) mass is 1080 g/mol. The Morgan fingerprint density at radius 3 is 1.48 bits per heavy atom. The molecular formula is C47H45ClN6O16S3. The summed E-state index contributed by atoms with van der Waals surface area (Å²) in [5, 5.41) is 49.1. The fraction of sp³-hybridized carbons (Fsp3) is 0.128. The molecule has 0 aliphatic carbocycles. The largest absolute Gasteiger partial charge is 0.478 e. The van der Waals surface area contributed by atoms with Gasteiger partial charge in [0.1, 0.15) is 43.5 Å². The van der Waals surface area contributed by atoms with Gasteiger partial charge >= 0.3 is 17.9 Å². The molecule has 0 atom stereocenters. The van der Waals surface area contributed by atoms with Gasteiger partial charge in [0.15, 0.2) is 5.75 Å². The van der Waals surface area contributed by atoms with Gasteiger partial charge in [-0.3, -0.25) is 0 Å². The van der Waals surface area contributed by atoms with E-state index in [4.69, 9.17) is 50.4 Å². The van der Waals surface area contributed by atoms with Crippen molar-refractivity contribution >= 4 is 76.6 Å². The molecule has 1 saturated heterocycles. The van der Waals surface area contributed by atoms with Crippen molar-refractivity contribution in [2.24, 2.45) is 15.4 Å². The molecule has 1 aliphatic heterocycles. The van der Waals surface area contributed by atoms with E-state index in [1.54, 1.807) is 78.9 Å². The van der Waals surface area contributed by atoms with E-state index in [2.05, 4.69) is 10.6 Å². The Kier molecular flexibility index (Phi) is 17.6. The summed E-state index contributed by atoms with van der Waals surface area (Å²) in [5.41, 5.74) is 0.0890. The number of sulfonamides is 3. The van der Waals surface area contributed by atoms with Gasteiger partial charge in [-0.25, -0.2) is 55.1 Å². The Hall–Kier alpha value is -7.91. The van der Waals surface area contributed by atoms with Crippen LogP contribution in [-0.2, 0) is 43.2 Å². The number of nitrogens with zero attached hydrogens (tertiary/aromatic N) is 1. The summed E-state index contributed by atoms with van der Waals surface area (Å²) in [6.45, 7) is 1.81. The first-order valence-electron chi connectivity index (χ1n) is 21.2. The minimum absolute atomic E-state index is 0.0561. The third-order valence-electron chi connectivity index (χ3n) is 10.3. The Labute approximate surface area is 422 Å². The van der Waals surface area contributed by atoms with Crippen LogP contribution in [0.4, 0.5) is 17.1 Å². The van der Waals surface area contributed by atoms with Crippen molar-refractivity contribution in [3.05, 3.63) is 167 Å². The van der Waals surface area contributed by atoms with Gasteiger partial charge < -0.3 is 49.2 Å². The minimum Gasteiger partial charge on any atom is -0.478 e. The van der Waals surface area contributed by atoms with E-state index >= 15 is 0 Å². The number of nitrogens with two attached hydrogens (primary N) is 3. The number of nitrogens with one attached hydrogen (secondary N) is 2. The molecule has 26 heteroatoms. The average molecular weight is 1080 g/mol. The molecule has 0 saturated carbocycles. The molecule has 73 heavy (non-hydrogen) atoms. The van der Waals surface area contributed by atoms with Gasteiger partial charge in [0.05, 0.1) is 64.4 Å². The molecule has 11 N–H and O–H groups in total. The SMILES string of the molecule is NS(=O)(=O)c1cc(C(=O)O)c(NCc2ccco2)cc1Cl.NS(=O)(=O)c1cc(C(=O)O)c(NCc2ccco2)cc1Oc1ccccc1.NS(=O)(=O)c1cc(C(=O)O)cc(N2CCCC2)c1Oc1ccccc1. The predicted molar refractivity (Wildman–Crippen MR) is 266 cm³/mol. The summed E-state index contributed by atoms with van der Waals surface area (Å²) >= 11 is 5.84. The normalized spacial score (nSPS) is 12.4. The van der Waals surface area contributed by atoms with E-state index < -0.39 is 57.8 Å². The number of carboxylic acids is 3.